The number of fused-ring (bicyclic) bond motifs is 1. The van der Waals surface area contributed by atoms with E-state index in [1.54, 1.807) is 18.9 Å². The van der Waals surface area contributed by atoms with Crippen LogP contribution in [0.1, 0.15) is 57.4 Å². The predicted molar refractivity (Wildman–Crippen MR) is 123 cm³/mol. The Labute approximate surface area is 186 Å². The van der Waals surface area contributed by atoms with Crippen LogP contribution in [0.3, 0.4) is 0 Å². The molecule has 0 saturated heterocycles. The van der Waals surface area contributed by atoms with Crippen LogP contribution < -0.4 is 4.74 Å². The molecule has 1 aliphatic rings. The Morgan fingerprint density at radius 1 is 1.03 bits per heavy atom. The van der Waals surface area contributed by atoms with Crippen molar-refractivity contribution in [3.63, 3.8) is 0 Å². The van der Waals surface area contributed by atoms with E-state index in [1.807, 2.05) is 62.9 Å². The maximum atomic E-state index is 13.0. The maximum absolute atomic E-state index is 13.0. The summed E-state index contributed by atoms with van der Waals surface area (Å²) in [7, 11) is 1.79. The molecule has 0 fully saturated rings. The molecule has 2 aromatic rings. The highest BCUT2D eigenvalue weighted by molar-refractivity contribution is 5.81. The van der Waals surface area contributed by atoms with Gasteiger partial charge in [-0.1, -0.05) is 50.2 Å². The fourth-order valence-corrected chi connectivity index (χ4v) is 4.03. The van der Waals surface area contributed by atoms with E-state index in [0.717, 1.165) is 17.5 Å². The van der Waals surface area contributed by atoms with Gasteiger partial charge in [0.1, 0.15) is 5.75 Å². The van der Waals surface area contributed by atoms with Gasteiger partial charge in [-0.05, 0) is 56.0 Å². The Kier molecular flexibility index (Phi) is 7.04. The van der Waals surface area contributed by atoms with Gasteiger partial charge < -0.3 is 14.5 Å². The molecule has 0 bridgehead atoms. The lowest BCUT2D eigenvalue weighted by Gasteiger charge is -2.39. The average molecular weight is 423 g/mol. The van der Waals surface area contributed by atoms with Crippen LogP contribution in [0.5, 0.6) is 5.75 Å². The zero-order chi connectivity index (χ0) is 22.7. The Balaban J connectivity index is 1.96. The lowest BCUT2D eigenvalue weighted by molar-refractivity contribution is -0.138. The van der Waals surface area contributed by atoms with Gasteiger partial charge in [-0.15, -0.1) is 0 Å². The second kappa shape index (κ2) is 9.54. The van der Waals surface area contributed by atoms with Crippen molar-refractivity contribution < 1.29 is 14.3 Å². The standard InChI is InChI=1S/C26H34N2O3/c1-17(2)25(29)28-15-14-20-12-13-22(31-19(5)26(30)27(6)18(3)4)16-23(20)24(28)21-10-8-7-9-11-21/h7-13,16-19,24H,14-15H2,1-6H3. The average Bonchev–Trinajstić information content (AvgIpc) is 2.76. The third-order valence-electron chi connectivity index (χ3n) is 6.02. The van der Waals surface area contributed by atoms with E-state index in [-0.39, 0.29) is 29.8 Å². The van der Waals surface area contributed by atoms with Crippen LogP contribution in [0, 0.1) is 5.92 Å². The van der Waals surface area contributed by atoms with Crippen molar-refractivity contribution >= 4 is 11.8 Å². The van der Waals surface area contributed by atoms with Crippen molar-refractivity contribution in [3.05, 3.63) is 65.2 Å². The number of ether oxygens (including phenoxy) is 1. The Bertz CT molecular complexity index is 924. The molecule has 5 nitrogen and oxygen atoms in total. The second-order valence-electron chi connectivity index (χ2n) is 8.91. The van der Waals surface area contributed by atoms with E-state index in [4.69, 9.17) is 4.74 Å². The molecule has 2 unspecified atom stereocenters. The van der Waals surface area contributed by atoms with E-state index in [0.29, 0.717) is 12.3 Å². The molecule has 3 rings (SSSR count). The Morgan fingerprint density at radius 2 is 1.71 bits per heavy atom. The summed E-state index contributed by atoms with van der Waals surface area (Å²) >= 11 is 0. The molecular weight excluding hydrogens is 388 g/mol. The normalized spacial score (nSPS) is 16.8. The number of rotatable bonds is 6. The quantitative estimate of drug-likeness (QED) is 0.691. The number of likely N-dealkylation sites (N-methyl/N-ethyl adjacent to an activating group) is 1. The number of nitrogens with zero attached hydrogens (tertiary/aromatic N) is 2. The largest absolute Gasteiger partial charge is 0.481 e. The highest BCUT2D eigenvalue weighted by Crippen LogP contribution is 2.38. The predicted octanol–water partition coefficient (Wildman–Crippen LogP) is 4.45. The number of hydrogen-bond acceptors (Lipinski definition) is 3. The molecule has 0 aliphatic carbocycles. The molecule has 1 aliphatic heterocycles. The topological polar surface area (TPSA) is 49.9 Å². The molecule has 0 aromatic heterocycles. The van der Waals surface area contributed by atoms with Gasteiger partial charge in [-0.25, -0.2) is 0 Å². The van der Waals surface area contributed by atoms with Gasteiger partial charge in [0.05, 0.1) is 6.04 Å². The third kappa shape index (κ3) is 4.92. The molecule has 0 N–H and O–H groups in total. The van der Waals surface area contributed by atoms with E-state index in [9.17, 15) is 9.59 Å². The highest BCUT2D eigenvalue weighted by Gasteiger charge is 2.33. The van der Waals surface area contributed by atoms with Gasteiger partial charge in [-0.3, -0.25) is 9.59 Å². The van der Waals surface area contributed by atoms with Gasteiger partial charge in [0.25, 0.3) is 5.91 Å². The zero-order valence-electron chi connectivity index (χ0n) is 19.5. The molecule has 0 spiro atoms. The van der Waals surface area contributed by atoms with Crippen molar-refractivity contribution in [1.82, 2.24) is 9.80 Å². The zero-order valence-corrected chi connectivity index (χ0v) is 19.5. The van der Waals surface area contributed by atoms with E-state index in [1.165, 1.54) is 5.56 Å². The Morgan fingerprint density at radius 3 is 2.32 bits per heavy atom. The van der Waals surface area contributed by atoms with Gasteiger partial charge >= 0.3 is 0 Å². The molecule has 2 atom stereocenters. The smallest absolute Gasteiger partial charge is 0.263 e. The molecule has 0 radical (unpaired) electrons. The monoisotopic (exact) mass is 422 g/mol. The van der Waals surface area contributed by atoms with Crippen LogP contribution in [0.25, 0.3) is 0 Å². The summed E-state index contributed by atoms with van der Waals surface area (Å²) in [5.41, 5.74) is 3.37. The van der Waals surface area contributed by atoms with E-state index >= 15 is 0 Å². The minimum Gasteiger partial charge on any atom is -0.481 e. The molecule has 31 heavy (non-hydrogen) atoms. The first-order chi connectivity index (χ1) is 14.7. The number of carbonyl (C=O) groups excluding carboxylic acids is 2. The maximum Gasteiger partial charge on any atom is 0.263 e. The van der Waals surface area contributed by atoms with Gasteiger partial charge in [0, 0.05) is 25.6 Å². The molecule has 2 aromatic carbocycles. The lowest BCUT2D eigenvalue weighted by atomic mass is 9.87. The van der Waals surface area contributed by atoms with Crippen molar-refractivity contribution in [2.45, 2.75) is 59.2 Å². The van der Waals surface area contributed by atoms with Crippen molar-refractivity contribution in [3.8, 4) is 5.75 Å². The van der Waals surface area contributed by atoms with Crippen LogP contribution in [-0.2, 0) is 16.0 Å². The van der Waals surface area contributed by atoms with Crippen molar-refractivity contribution in [2.75, 3.05) is 13.6 Å². The van der Waals surface area contributed by atoms with E-state index < -0.39 is 6.10 Å². The fourth-order valence-electron chi connectivity index (χ4n) is 4.03. The number of benzene rings is 2. The summed E-state index contributed by atoms with van der Waals surface area (Å²) in [6.07, 6.45) is 0.222. The molecule has 0 saturated carbocycles. The molecule has 1 heterocycles. The third-order valence-corrected chi connectivity index (χ3v) is 6.02. The summed E-state index contributed by atoms with van der Waals surface area (Å²) in [6.45, 7) is 10.3. The molecule has 5 heteroatoms. The minimum atomic E-state index is -0.586. The first-order valence-corrected chi connectivity index (χ1v) is 11.1. The first-order valence-electron chi connectivity index (χ1n) is 11.1. The van der Waals surface area contributed by atoms with Crippen molar-refractivity contribution in [2.24, 2.45) is 5.92 Å². The van der Waals surface area contributed by atoms with Gasteiger partial charge in [0.15, 0.2) is 6.10 Å². The Hall–Kier alpha value is -2.82. The summed E-state index contributed by atoms with van der Waals surface area (Å²) in [4.78, 5) is 29.3. The van der Waals surface area contributed by atoms with Gasteiger partial charge in [-0.2, -0.15) is 0 Å². The van der Waals surface area contributed by atoms with Crippen LogP contribution >= 0.6 is 0 Å². The van der Waals surface area contributed by atoms with E-state index in [2.05, 4.69) is 18.2 Å². The minimum absolute atomic E-state index is 0.0519. The van der Waals surface area contributed by atoms with Crippen LogP contribution in [0.15, 0.2) is 48.5 Å². The summed E-state index contributed by atoms with van der Waals surface area (Å²) in [6, 6.07) is 16.1. The summed E-state index contributed by atoms with van der Waals surface area (Å²) in [5, 5.41) is 0. The number of carbonyl (C=O) groups is 2. The number of hydrogen-bond donors (Lipinski definition) is 0. The fraction of sp³-hybridized carbons (Fsp3) is 0.462. The number of amides is 2. The lowest BCUT2D eigenvalue weighted by Crippen LogP contribution is -2.43. The van der Waals surface area contributed by atoms with Crippen LogP contribution in [-0.4, -0.2) is 47.4 Å². The molecular formula is C26H34N2O3. The second-order valence-corrected chi connectivity index (χ2v) is 8.91. The SMILES string of the molecule is CC(C)C(=O)N1CCc2ccc(OC(C)C(=O)N(C)C(C)C)cc2C1c1ccccc1. The summed E-state index contributed by atoms with van der Waals surface area (Å²) in [5.74, 6) is 0.671. The van der Waals surface area contributed by atoms with Gasteiger partial charge in [0.2, 0.25) is 5.91 Å². The summed E-state index contributed by atoms with van der Waals surface area (Å²) < 4.78 is 6.05. The van der Waals surface area contributed by atoms with Crippen LogP contribution in [0.2, 0.25) is 0 Å². The molecule has 2 amide bonds. The van der Waals surface area contributed by atoms with Crippen LogP contribution in [0.4, 0.5) is 0 Å². The highest BCUT2D eigenvalue weighted by atomic mass is 16.5. The molecule has 166 valence electrons. The van der Waals surface area contributed by atoms with Crippen molar-refractivity contribution in [1.29, 1.82) is 0 Å². The first kappa shape index (κ1) is 22.9.